The van der Waals surface area contributed by atoms with Crippen LogP contribution in [0.2, 0.25) is 0 Å². The number of aromatic nitrogens is 3. The number of anilines is 1. The summed E-state index contributed by atoms with van der Waals surface area (Å²) in [5, 5.41) is 8.64. The molecule has 2 aromatic heterocycles. The van der Waals surface area contributed by atoms with E-state index in [9.17, 15) is 4.79 Å². The third-order valence-corrected chi connectivity index (χ3v) is 2.01. The van der Waals surface area contributed by atoms with E-state index in [2.05, 4.69) is 15.0 Å². The zero-order valence-corrected chi connectivity index (χ0v) is 8.16. The molecule has 0 unspecified atom stereocenters. The summed E-state index contributed by atoms with van der Waals surface area (Å²) in [6.07, 6.45) is 5.97. The predicted octanol–water partition coefficient (Wildman–Crippen LogP) is 0.819. The van der Waals surface area contributed by atoms with E-state index in [-0.39, 0.29) is 5.82 Å². The highest BCUT2D eigenvalue weighted by Gasteiger charge is 2.08. The van der Waals surface area contributed by atoms with Gasteiger partial charge in [0.1, 0.15) is 0 Å². The highest BCUT2D eigenvalue weighted by molar-refractivity contribution is 5.83. The molecule has 0 atom stereocenters. The molecule has 16 heavy (non-hydrogen) atoms. The first kappa shape index (κ1) is 10.0. The molecule has 0 amide bonds. The van der Waals surface area contributed by atoms with E-state index in [1.54, 1.807) is 18.5 Å². The monoisotopic (exact) mass is 216 g/mol. The summed E-state index contributed by atoms with van der Waals surface area (Å²) >= 11 is 0. The first-order valence-electron chi connectivity index (χ1n) is 4.43. The highest BCUT2D eigenvalue weighted by atomic mass is 16.4. The average molecular weight is 216 g/mol. The minimum absolute atomic E-state index is 0.244. The lowest BCUT2D eigenvalue weighted by atomic mass is 10.1. The van der Waals surface area contributed by atoms with Gasteiger partial charge in [0.2, 0.25) is 5.82 Å². The standard InChI is InChI=1S/C10H8N4O2/c11-8-1-2-12-5-7(8)6-3-13-9(10(15)16)14-4-6/h1-5H,(H2,11,12)(H,15,16). The third-order valence-electron chi connectivity index (χ3n) is 2.01. The van der Waals surface area contributed by atoms with Gasteiger partial charge in [-0.3, -0.25) is 4.98 Å². The van der Waals surface area contributed by atoms with E-state index >= 15 is 0 Å². The SMILES string of the molecule is Nc1ccncc1-c1cnc(C(=O)O)nc1. The van der Waals surface area contributed by atoms with Gasteiger partial charge in [-0.2, -0.15) is 0 Å². The summed E-state index contributed by atoms with van der Waals surface area (Å²) in [7, 11) is 0. The molecule has 0 aliphatic heterocycles. The molecule has 0 saturated carbocycles. The van der Waals surface area contributed by atoms with E-state index < -0.39 is 5.97 Å². The van der Waals surface area contributed by atoms with Crippen molar-refractivity contribution in [3.8, 4) is 11.1 Å². The fourth-order valence-corrected chi connectivity index (χ4v) is 1.22. The number of hydrogen-bond donors (Lipinski definition) is 2. The minimum Gasteiger partial charge on any atom is -0.475 e. The molecule has 80 valence electrons. The molecule has 0 radical (unpaired) electrons. The number of aromatic carboxylic acids is 1. The molecule has 6 heteroatoms. The Morgan fingerprint density at radius 2 is 1.94 bits per heavy atom. The Kier molecular flexibility index (Phi) is 2.47. The van der Waals surface area contributed by atoms with Crippen molar-refractivity contribution in [2.24, 2.45) is 0 Å². The fourth-order valence-electron chi connectivity index (χ4n) is 1.22. The number of carboxylic acids is 1. The van der Waals surface area contributed by atoms with E-state index in [4.69, 9.17) is 10.8 Å². The normalized spacial score (nSPS) is 10.0. The zero-order valence-electron chi connectivity index (χ0n) is 8.16. The van der Waals surface area contributed by atoms with Crippen LogP contribution in [0.3, 0.4) is 0 Å². The average Bonchev–Trinajstić information content (AvgIpc) is 2.30. The summed E-state index contributed by atoms with van der Waals surface area (Å²) in [5.41, 5.74) is 7.60. The Hall–Kier alpha value is -2.50. The van der Waals surface area contributed by atoms with Crippen molar-refractivity contribution in [3.05, 3.63) is 36.7 Å². The number of nitrogens with two attached hydrogens (primary N) is 1. The van der Waals surface area contributed by atoms with Crippen LogP contribution in [-0.4, -0.2) is 26.0 Å². The first-order chi connectivity index (χ1) is 7.68. The second-order valence-corrected chi connectivity index (χ2v) is 3.06. The van der Waals surface area contributed by atoms with Crippen LogP contribution in [0.25, 0.3) is 11.1 Å². The Morgan fingerprint density at radius 3 is 2.50 bits per heavy atom. The second-order valence-electron chi connectivity index (χ2n) is 3.06. The molecule has 0 saturated heterocycles. The van der Waals surface area contributed by atoms with Crippen molar-refractivity contribution in [2.45, 2.75) is 0 Å². The quantitative estimate of drug-likeness (QED) is 0.770. The van der Waals surface area contributed by atoms with Gasteiger partial charge in [0.05, 0.1) is 0 Å². The van der Waals surface area contributed by atoms with Crippen LogP contribution in [-0.2, 0) is 0 Å². The maximum atomic E-state index is 10.6. The number of pyridine rings is 1. The Labute approximate surface area is 90.8 Å². The number of rotatable bonds is 2. The molecule has 0 aliphatic carbocycles. The molecular weight excluding hydrogens is 208 g/mol. The number of carbonyl (C=O) groups is 1. The minimum atomic E-state index is -1.16. The van der Waals surface area contributed by atoms with E-state index in [0.717, 1.165) is 0 Å². The number of nitrogen functional groups attached to an aromatic ring is 1. The molecule has 0 fully saturated rings. The number of nitrogens with zero attached hydrogens (tertiary/aromatic N) is 3. The highest BCUT2D eigenvalue weighted by Crippen LogP contribution is 2.22. The zero-order chi connectivity index (χ0) is 11.5. The van der Waals surface area contributed by atoms with Gasteiger partial charge in [-0.25, -0.2) is 14.8 Å². The molecule has 2 heterocycles. The molecule has 0 bridgehead atoms. The summed E-state index contributed by atoms with van der Waals surface area (Å²) in [6.45, 7) is 0. The molecule has 2 rings (SSSR count). The van der Waals surface area contributed by atoms with Gasteiger partial charge < -0.3 is 10.8 Å². The van der Waals surface area contributed by atoms with Crippen molar-refractivity contribution in [1.29, 1.82) is 0 Å². The van der Waals surface area contributed by atoms with Gasteiger partial charge in [-0.1, -0.05) is 0 Å². The number of hydrogen-bond acceptors (Lipinski definition) is 5. The van der Waals surface area contributed by atoms with Crippen LogP contribution in [0, 0.1) is 0 Å². The summed E-state index contributed by atoms with van der Waals surface area (Å²) in [4.78, 5) is 21.9. The maximum absolute atomic E-state index is 10.6. The Morgan fingerprint density at radius 1 is 1.25 bits per heavy atom. The van der Waals surface area contributed by atoms with Crippen LogP contribution in [0.4, 0.5) is 5.69 Å². The Bertz CT molecular complexity index is 525. The summed E-state index contributed by atoms with van der Waals surface area (Å²) in [5.74, 6) is -1.41. The lowest BCUT2D eigenvalue weighted by Gasteiger charge is -2.03. The molecule has 0 aliphatic rings. The first-order valence-corrected chi connectivity index (χ1v) is 4.43. The van der Waals surface area contributed by atoms with Crippen LogP contribution < -0.4 is 5.73 Å². The molecule has 0 aromatic carbocycles. The van der Waals surface area contributed by atoms with Crippen molar-refractivity contribution in [1.82, 2.24) is 15.0 Å². The lowest BCUT2D eigenvalue weighted by molar-refractivity contribution is 0.0683. The molecule has 0 spiro atoms. The van der Waals surface area contributed by atoms with Crippen molar-refractivity contribution < 1.29 is 9.90 Å². The Balaban J connectivity index is 2.43. The smallest absolute Gasteiger partial charge is 0.373 e. The fraction of sp³-hybridized carbons (Fsp3) is 0. The van der Waals surface area contributed by atoms with Crippen molar-refractivity contribution in [2.75, 3.05) is 5.73 Å². The van der Waals surface area contributed by atoms with Gasteiger partial charge in [0.15, 0.2) is 0 Å². The molecule has 3 N–H and O–H groups in total. The van der Waals surface area contributed by atoms with Gasteiger partial charge in [0.25, 0.3) is 0 Å². The molecule has 6 nitrogen and oxygen atoms in total. The predicted molar refractivity (Wildman–Crippen MR) is 56.6 cm³/mol. The van der Waals surface area contributed by atoms with E-state index in [1.165, 1.54) is 12.4 Å². The van der Waals surface area contributed by atoms with Crippen molar-refractivity contribution >= 4 is 11.7 Å². The topological polar surface area (TPSA) is 102 Å². The van der Waals surface area contributed by atoms with Crippen LogP contribution >= 0.6 is 0 Å². The van der Waals surface area contributed by atoms with Crippen molar-refractivity contribution in [3.63, 3.8) is 0 Å². The van der Waals surface area contributed by atoms with Gasteiger partial charge in [-0.15, -0.1) is 0 Å². The molecular formula is C10H8N4O2. The second kappa shape index (κ2) is 3.93. The summed E-state index contributed by atoms with van der Waals surface area (Å²) in [6, 6.07) is 1.65. The number of carboxylic acid groups (broad SMARTS) is 1. The van der Waals surface area contributed by atoms with Gasteiger partial charge >= 0.3 is 5.97 Å². The summed E-state index contributed by atoms with van der Waals surface area (Å²) < 4.78 is 0. The van der Waals surface area contributed by atoms with Gasteiger partial charge in [0, 0.05) is 41.6 Å². The molecule has 2 aromatic rings. The van der Waals surface area contributed by atoms with E-state index in [1.807, 2.05) is 0 Å². The lowest BCUT2D eigenvalue weighted by Crippen LogP contribution is -2.03. The van der Waals surface area contributed by atoms with E-state index in [0.29, 0.717) is 16.8 Å². The maximum Gasteiger partial charge on any atom is 0.373 e. The van der Waals surface area contributed by atoms with Crippen LogP contribution in [0.15, 0.2) is 30.9 Å². The van der Waals surface area contributed by atoms with Crippen LogP contribution in [0.1, 0.15) is 10.6 Å². The largest absolute Gasteiger partial charge is 0.475 e. The van der Waals surface area contributed by atoms with Crippen LogP contribution in [0.5, 0.6) is 0 Å². The van der Waals surface area contributed by atoms with Gasteiger partial charge in [-0.05, 0) is 6.07 Å². The third kappa shape index (κ3) is 1.81.